The van der Waals surface area contributed by atoms with Gasteiger partial charge in [-0.1, -0.05) is 208 Å². The van der Waals surface area contributed by atoms with Gasteiger partial charge in [0.1, 0.15) is 11.6 Å². The van der Waals surface area contributed by atoms with E-state index in [1.807, 2.05) is 102 Å². The lowest BCUT2D eigenvalue weighted by atomic mass is 9.79. The minimum atomic E-state index is -0.520. The summed E-state index contributed by atoms with van der Waals surface area (Å²) in [4.78, 5) is 4.47. The lowest BCUT2D eigenvalue weighted by Gasteiger charge is -2.30. The molecule has 0 bridgehead atoms. The number of thiophene rings is 1. The second-order valence-electron chi connectivity index (χ2n) is 21.8. The molecule has 13 aromatic carbocycles. The molecule has 0 saturated heterocycles. The van der Waals surface area contributed by atoms with Crippen molar-refractivity contribution in [1.29, 1.82) is 0 Å². The molecule has 0 aliphatic heterocycles. The van der Waals surface area contributed by atoms with Gasteiger partial charge < -0.3 is 9.80 Å². The van der Waals surface area contributed by atoms with Crippen LogP contribution in [0.25, 0.3) is 97.4 Å². The van der Waals surface area contributed by atoms with E-state index in [2.05, 4.69) is 200 Å². The van der Waals surface area contributed by atoms with Crippen LogP contribution in [0.1, 0.15) is 25.0 Å². The van der Waals surface area contributed by atoms with Crippen molar-refractivity contribution in [2.75, 3.05) is 9.80 Å². The highest BCUT2D eigenvalue weighted by molar-refractivity contribution is 7.26. The molecule has 0 radical (unpaired) electrons. The lowest BCUT2D eigenvalue weighted by molar-refractivity contribution is 0.631. The molecule has 390 valence electrons. The summed E-state index contributed by atoms with van der Waals surface area (Å²) >= 11 is 1.83. The van der Waals surface area contributed by atoms with Gasteiger partial charge >= 0.3 is 0 Å². The van der Waals surface area contributed by atoms with Crippen LogP contribution in [-0.2, 0) is 5.41 Å². The fraction of sp³-hybridized carbons (Fsp3) is 0.0390. The van der Waals surface area contributed by atoms with E-state index in [0.717, 1.165) is 88.7 Å². The largest absolute Gasteiger partial charge is 0.310 e. The number of hydrogen-bond acceptors (Lipinski definition) is 3. The predicted octanol–water partition coefficient (Wildman–Crippen LogP) is 22.6. The van der Waals surface area contributed by atoms with Crippen LogP contribution >= 0.6 is 11.3 Å². The van der Waals surface area contributed by atoms with Crippen LogP contribution in [-0.4, -0.2) is 0 Å². The molecule has 0 amide bonds. The van der Waals surface area contributed by atoms with Crippen molar-refractivity contribution >= 4 is 87.2 Å². The van der Waals surface area contributed by atoms with Crippen molar-refractivity contribution in [2.45, 2.75) is 19.3 Å². The molecule has 14 aromatic rings. The van der Waals surface area contributed by atoms with Gasteiger partial charge in [-0.2, -0.15) is 0 Å². The summed E-state index contributed by atoms with van der Waals surface area (Å²) in [5.41, 5.74) is 16.7. The van der Waals surface area contributed by atoms with Crippen molar-refractivity contribution in [3.05, 3.63) is 302 Å². The Morgan fingerprint density at radius 2 is 0.780 bits per heavy atom. The van der Waals surface area contributed by atoms with Gasteiger partial charge in [0.25, 0.3) is 0 Å². The minimum Gasteiger partial charge on any atom is -0.310 e. The normalized spacial score (nSPS) is 12.5. The van der Waals surface area contributed by atoms with Gasteiger partial charge in [-0.3, -0.25) is 0 Å². The number of nitrogens with zero attached hydrogens (tertiary/aromatic N) is 2. The second-order valence-corrected chi connectivity index (χ2v) is 22.9. The van der Waals surface area contributed by atoms with E-state index in [9.17, 15) is 0 Å². The van der Waals surface area contributed by atoms with Crippen LogP contribution in [0.15, 0.2) is 279 Å². The zero-order valence-electron chi connectivity index (χ0n) is 45.1. The van der Waals surface area contributed by atoms with Crippen molar-refractivity contribution in [3.63, 3.8) is 0 Å². The van der Waals surface area contributed by atoms with Crippen LogP contribution in [0.5, 0.6) is 0 Å². The third-order valence-electron chi connectivity index (χ3n) is 16.7. The van der Waals surface area contributed by atoms with Crippen molar-refractivity contribution < 1.29 is 8.78 Å². The molecular formula is C77H52F2N2S. The number of benzene rings is 13. The fourth-order valence-electron chi connectivity index (χ4n) is 12.9. The van der Waals surface area contributed by atoms with E-state index in [4.69, 9.17) is 0 Å². The molecule has 1 heterocycles. The quantitative estimate of drug-likeness (QED) is 0.126. The topological polar surface area (TPSA) is 6.48 Å². The van der Waals surface area contributed by atoms with E-state index in [1.165, 1.54) is 37.0 Å². The van der Waals surface area contributed by atoms with Gasteiger partial charge in [0.15, 0.2) is 0 Å². The molecule has 1 aliphatic carbocycles. The van der Waals surface area contributed by atoms with Gasteiger partial charge in [-0.15, -0.1) is 11.3 Å². The van der Waals surface area contributed by atoms with Gasteiger partial charge in [0.2, 0.25) is 0 Å². The maximum absolute atomic E-state index is 17.0. The third kappa shape index (κ3) is 8.10. The van der Waals surface area contributed by atoms with E-state index in [-0.39, 0.29) is 11.6 Å². The Bertz CT molecular complexity index is 4800. The summed E-state index contributed by atoms with van der Waals surface area (Å²) < 4.78 is 36.1. The summed E-state index contributed by atoms with van der Waals surface area (Å²) in [5, 5.41) is 6.85. The number of halogens is 2. The summed E-state index contributed by atoms with van der Waals surface area (Å²) in [7, 11) is 0. The van der Waals surface area contributed by atoms with Crippen molar-refractivity contribution in [3.8, 4) is 55.6 Å². The second kappa shape index (κ2) is 19.7. The smallest absolute Gasteiger partial charge is 0.133 e. The zero-order valence-corrected chi connectivity index (χ0v) is 45.9. The molecule has 0 fully saturated rings. The van der Waals surface area contributed by atoms with E-state index < -0.39 is 5.41 Å². The molecule has 82 heavy (non-hydrogen) atoms. The third-order valence-corrected chi connectivity index (χ3v) is 17.9. The van der Waals surface area contributed by atoms with E-state index >= 15 is 8.78 Å². The Hall–Kier alpha value is -9.94. The van der Waals surface area contributed by atoms with Crippen LogP contribution in [0.3, 0.4) is 0 Å². The van der Waals surface area contributed by atoms with Gasteiger partial charge in [0, 0.05) is 70.7 Å². The average molecular weight is 1080 g/mol. The number of fused-ring (bicyclic) bond motifs is 12. The summed E-state index contributed by atoms with van der Waals surface area (Å²) in [6.45, 7) is 4.74. The van der Waals surface area contributed by atoms with Crippen molar-refractivity contribution in [1.82, 2.24) is 0 Å². The van der Waals surface area contributed by atoms with Crippen LogP contribution in [0.4, 0.5) is 42.9 Å². The SMILES string of the molecule is CC1(C)c2cc(N(c3cccc(-c4ccccc4)c3)c3ccc(-c4ccccc4)c(F)c3)c3c(sc4ccccc43)c2-c2c1c1ccc(N(c3cccc(-c4ccccc4)c3)c3ccc(-c4ccccc4)c(F)c3)cc1c1ccccc21. The standard InChI is InChI=1S/C77H52F2N2S/c1-77(2)67-48-70(81(56-32-20-30-54(44-56)50-23-9-4-10-24-50)59-38-41-61(69(79)47-59)52-27-13-6-14-28-52)72-65-35-17-18-36-71(65)82-76(72)74(67)73-63-34-16-15-33-62(63)66-45-57(39-42-64(66)75(73)77)80(55-31-19-29-53(43-55)49-21-7-3-8-22-49)58-37-40-60(68(78)46-58)51-25-11-5-12-26-51/h3-48H,1-2H3. The summed E-state index contributed by atoms with van der Waals surface area (Å²) in [6, 6.07) is 95.7. The number of rotatable bonds is 10. The monoisotopic (exact) mass is 1070 g/mol. The zero-order chi connectivity index (χ0) is 55.1. The number of anilines is 6. The molecule has 1 aliphatic rings. The Morgan fingerprint density at radius 3 is 1.35 bits per heavy atom. The van der Waals surface area contributed by atoms with Crippen LogP contribution in [0.2, 0.25) is 0 Å². The molecule has 0 atom stereocenters. The first-order chi connectivity index (χ1) is 40.3. The predicted molar refractivity (Wildman–Crippen MR) is 343 cm³/mol. The fourth-order valence-corrected chi connectivity index (χ4v) is 14.2. The first-order valence-corrected chi connectivity index (χ1v) is 28.7. The Morgan fingerprint density at radius 1 is 0.329 bits per heavy atom. The molecule has 2 nitrogen and oxygen atoms in total. The molecule has 0 N–H and O–H groups in total. The first-order valence-electron chi connectivity index (χ1n) is 27.9. The molecule has 0 unspecified atom stereocenters. The highest BCUT2D eigenvalue weighted by atomic mass is 32.1. The maximum Gasteiger partial charge on any atom is 0.133 e. The lowest BCUT2D eigenvalue weighted by Crippen LogP contribution is -2.17. The highest BCUT2D eigenvalue weighted by Gasteiger charge is 2.42. The first kappa shape index (κ1) is 49.1. The molecule has 0 spiro atoms. The summed E-state index contributed by atoms with van der Waals surface area (Å²) in [6.07, 6.45) is 0. The van der Waals surface area contributed by atoms with Gasteiger partial charge in [0.05, 0.1) is 5.69 Å². The van der Waals surface area contributed by atoms with Crippen molar-refractivity contribution in [2.24, 2.45) is 0 Å². The van der Waals surface area contributed by atoms with Gasteiger partial charge in [-0.25, -0.2) is 8.78 Å². The Balaban J connectivity index is 0.963. The number of hydrogen-bond donors (Lipinski definition) is 0. The van der Waals surface area contributed by atoms with Crippen LogP contribution < -0.4 is 9.80 Å². The molecule has 0 saturated carbocycles. The minimum absolute atomic E-state index is 0.290. The molecule has 15 rings (SSSR count). The molecule has 1 aromatic heterocycles. The average Bonchev–Trinajstić information content (AvgIpc) is 1.77. The van der Waals surface area contributed by atoms with Crippen LogP contribution in [0, 0.1) is 11.6 Å². The molecular weight excluding hydrogens is 1020 g/mol. The Labute approximate surface area is 479 Å². The Kier molecular flexibility index (Phi) is 11.8. The van der Waals surface area contributed by atoms with E-state index in [1.54, 1.807) is 12.1 Å². The van der Waals surface area contributed by atoms with E-state index in [0.29, 0.717) is 16.8 Å². The molecule has 5 heteroatoms. The highest BCUT2D eigenvalue weighted by Crippen LogP contribution is 2.61. The summed E-state index contributed by atoms with van der Waals surface area (Å²) in [5.74, 6) is -0.581. The van der Waals surface area contributed by atoms with Gasteiger partial charge in [-0.05, 0) is 157 Å². The maximum atomic E-state index is 17.0.